The van der Waals surface area contributed by atoms with E-state index >= 15 is 0 Å². The van der Waals surface area contributed by atoms with Crippen LogP contribution in [-0.2, 0) is 114 Å². The van der Waals surface area contributed by atoms with E-state index in [-0.39, 0.29) is 24.9 Å². The summed E-state index contributed by atoms with van der Waals surface area (Å²) >= 11 is 4.28. The molecule has 0 spiro atoms. The number of hydrogen-bond acceptors (Lipinski definition) is 30. The van der Waals surface area contributed by atoms with E-state index in [4.69, 9.17) is 133 Å². The van der Waals surface area contributed by atoms with Crippen molar-refractivity contribution in [2.24, 2.45) is 0 Å². The molecule has 0 aliphatic carbocycles. The van der Waals surface area contributed by atoms with Gasteiger partial charge < -0.3 is 128 Å². The third kappa shape index (κ3) is 60.9. The molecule has 0 saturated heterocycles. The largest absolute Gasteiger partial charge is 0.491 e. The third-order valence-corrected chi connectivity index (χ3v) is 14.3. The summed E-state index contributed by atoms with van der Waals surface area (Å²) in [4.78, 5) is 14.1. The molecule has 0 saturated carbocycles. The zero-order valence-electron chi connectivity index (χ0n) is 62.6. The maximum Gasteiger partial charge on any atom is 0.125 e. The summed E-state index contributed by atoms with van der Waals surface area (Å²) in [5, 5.41) is 0. The maximum absolute atomic E-state index is 6.28. The summed E-state index contributed by atoms with van der Waals surface area (Å²) in [5.41, 5.74) is 1.75. The Bertz CT molecular complexity index is 2470. The van der Waals surface area contributed by atoms with Crippen molar-refractivity contribution in [3.05, 3.63) is 66.6 Å². The summed E-state index contributed by atoms with van der Waals surface area (Å²) in [6, 6.07) is 10.7. The van der Waals surface area contributed by atoms with Gasteiger partial charge in [0.25, 0.3) is 0 Å². The van der Waals surface area contributed by atoms with Crippen molar-refractivity contribution in [3.63, 3.8) is 0 Å². The van der Waals surface area contributed by atoms with Crippen LogP contribution >= 0.6 is 45.2 Å². The molecule has 3 aromatic rings. The quantitative estimate of drug-likeness (QED) is 0.0293. The number of rotatable bonds is 75. The minimum Gasteiger partial charge on any atom is -0.491 e. The molecule has 0 radical (unpaired) electrons. The Morgan fingerprint density at radius 2 is 0.400 bits per heavy atom. The summed E-state index contributed by atoms with van der Waals surface area (Å²) in [6.07, 6.45) is -0.725. The van der Waals surface area contributed by atoms with Gasteiger partial charge in [-0.15, -0.1) is 0 Å². The number of pyridine rings is 3. The van der Waals surface area contributed by atoms with Crippen LogP contribution in [-0.4, -0.2) is 352 Å². The SMILES string of the molecule is COCCOCCOCCOCCOCCOCCOCCOC(C)COc1cc(I)nc(C#Cc2cc(OCC(C)OCCOCCOCCOCCOCCOCCOCCOC)cc(C#Cc3cc(OCC(C)OCCOCCOCCOCCOCCOCCOCCOC)cc(I)n3)n2)c1. The van der Waals surface area contributed by atoms with E-state index < -0.39 is 0 Å². The second-order valence-electron chi connectivity index (χ2n) is 22.1. The predicted molar refractivity (Wildman–Crippen MR) is 403 cm³/mol. The van der Waals surface area contributed by atoms with E-state index in [2.05, 4.69) is 78.8 Å². The molecule has 3 atom stereocenters. The van der Waals surface area contributed by atoms with Crippen LogP contribution in [0.25, 0.3) is 0 Å². The van der Waals surface area contributed by atoms with Gasteiger partial charge in [-0.05, 0) is 89.6 Å². The predicted octanol–water partition coefficient (Wildman–Crippen LogP) is 5.47. The van der Waals surface area contributed by atoms with Crippen molar-refractivity contribution in [1.29, 1.82) is 0 Å². The number of halogens is 2. The highest BCUT2D eigenvalue weighted by Crippen LogP contribution is 2.20. The first kappa shape index (κ1) is 95.7. The average molecular weight is 1720 g/mol. The Morgan fingerprint density at radius 1 is 0.238 bits per heavy atom. The normalized spacial score (nSPS) is 12.3. The number of nitrogens with zero attached hydrogens (tertiary/aromatic N) is 3. The van der Waals surface area contributed by atoms with Crippen molar-refractivity contribution in [3.8, 4) is 40.9 Å². The van der Waals surface area contributed by atoms with Crippen LogP contribution in [0, 0.1) is 31.1 Å². The Kier molecular flexibility index (Phi) is 65.6. The lowest BCUT2D eigenvalue weighted by molar-refractivity contribution is -0.0303. The highest BCUT2D eigenvalue weighted by Gasteiger charge is 2.12. The molecule has 3 aromatic heterocycles. The lowest BCUT2D eigenvalue weighted by Gasteiger charge is -2.15. The first-order valence-corrected chi connectivity index (χ1v) is 37.8. The standard InChI is InChI=1S/C73H117I2N3O27/c1-62(100-50-47-97-44-41-94-38-35-91-32-29-88-26-23-85-20-17-82-14-11-79-4)59-103-69-53-65(7-9-67-55-70(57-72(74)77-67)104-60-63(2)101-51-48-98-45-42-95-39-36-92-33-30-89-27-24-86-21-18-83-15-12-80-5)76-66(54-69)8-10-68-56-71(58-73(75)78-68)105-61-64(3)102-52-49-99-46-43-96-40-37-93-34-31-90-28-25-87-22-19-84-16-13-81-6/h53-58,62-64H,11-52,59-61H2,1-6H3. The number of hydrogen-bond donors (Lipinski definition) is 0. The molecule has 600 valence electrons. The van der Waals surface area contributed by atoms with Gasteiger partial charge in [-0.3, -0.25) is 0 Å². The van der Waals surface area contributed by atoms with E-state index in [0.29, 0.717) is 338 Å². The van der Waals surface area contributed by atoms with Crippen molar-refractivity contribution < 1.29 is 128 Å². The summed E-state index contributed by atoms with van der Waals surface area (Å²) < 4.78 is 152. The van der Waals surface area contributed by atoms with E-state index in [1.807, 2.05) is 32.9 Å². The fraction of sp³-hybridized carbons (Fsp3) is 0.740. The van der Waals surface area contributed by atoms with Gasteiger partial charge in [0.1, 0.15) is 67.2 Å². The second-order valence-corrected chi connectivity index (χ2v) is 24.3. The first-order chi connectivity index (χ1) is 51.7. The molecular formula is C73H117I2N3O27. The fourth-order valence-corrected chi connectivity index (χ4v) is 9.09. The van der Waals surface area contributed by atoms with Crippen molar-refractivity contribution in [2.45, 2.75) is 39.1 Å². The van der Waals surface area contributed by atoms with Crippen LogP contribution in [0.3, 0.4) is 0 Å². The molecule has 105 heavy (non-hydrogen) atoms. The monoisotopic (exact) mass is 1720 g/mol. The first-order valence-electron chi connectivity index (χ1n) is 35.7. The highest BCUT2D eigenvalue weighted by molar-refractivity contribution is 14.1. The Morgan fingerprint density at radius 3 is 0.590 bits per heavy atom. The van der Waals surface area contributed by atoms with E-state index in [0.717, 1.165) is 0 Å². The second kappa shape index (κ2) is 72.0. The molecule has 0 fully saturated rings. The van der Waals surface area contributed by atoms with Gasteiger partial charge in [-0.2, -0.15) is 0 Å². The van der Waals surface area contributed by atoms with Crippen LogP contribution in [0.15, 0.2) is 36.4 Å². The molecular weight excluding hydrogens is 1600 g/mol. The molecule has 3 unspecified atom stereocenters. The molecule has 0 aliphatic heterocycles. The summed E-state index contributed by atoms with van der Waals surface area (Å²) in [5.74, 6) is 14.3. The van der Waals surface area contributed by atoms with E-state index in [1.54, 1.807) is 45.6 Å². The average Bonchev–Trinajstić information content (AvgIpc) is 0.859. The molecule has 0 amide bonds. The zero-order valence-corrected chi connectivity index (χ0v) is 67.0. The van der Waals surface area contributed by atoms with Gasteiger partial charge in [0.05, 0.1) is 296 Å². The number of aromatic nitrogens is 3. The van der Waals surface area contributed by atoms with E-state index in [1.165, 1.54) is 0 Å². The maximum atomic E-state index is 6.28. The fourth-order valence-electron chi connectivity index (χ4n) is 7.96. The van der Waals surface area contributed by atoms with Crippen molar-refractivity contribution >= 4 is 45.2 Å². The molecule has 3 heterocycles. The Labute approximate surface area is 649 Å². The van der Waals surface area contributed by atoms with Crippen molar-refractivity contribution in [1.82, 2.24) is 15.0 Å². The van der Waals surface area contributed by atoms with Crippen LogP contribution in [0.1, 0.15) is 43.5 Å². The highest BCUT2D eigenvalue weighted by atomic mass is 127. The Hall–Kier alpha value is -3.53. The van der Waals surface area contributed by atoms with E-state index in [9.17, 15) is 0 Å². The van der Waals surface area contributed by atoms with Gasteiger partial charge in [0.2, 0.25) is 0 Å². The topological polar surface area (TPSA) is 288 Å². The molecule has 3 rings (SSSR count). The van der Waals surface area contributed by atoms with Gasteiger partial charge in [-0.25, -0.2) is 15.0 Å². The van der Waals surface area contributed by atoms with Crippen LogP contribution < -0.4 is 14.2 Å². The molecule has 32 heteroatoms. The Balaban J connectivity index is 1.44. The lowest BCUT2D eigenvalue weighted by Crippen LogP contribution is -2.21. The lowest BCUT2D eigenvalue weighted by atomic mass is 10.2. The summed E-state index contributed by atoms with van der Waals surface area (Å²) in [6.45, 7) is 26.6. The number of methoxy groups -OCH3 is 3. The molecule has 0 N–H and O–H groups in total. The van der Waals surface area contributed by atoms with Gasteiger partial charge in [-0.1, -0.05) is 0 Å². The zero-order chi connectivity index (χ0) is 75.0. The number of ether oxygens (including phenoxy) is 27. The van der Waals surface area contributed by atoms with Gasteiger partial charge >= 0.3 is 0 Å². The van der Waals surface area contributed by atoms with Gasteiger partial charge in [0.15, 0.2) is 0 Å². The minimum absolute atomic E-state index is 0.221. The summed E-state index contributed by atoms with van der Waals surface area (Å²) in [7, 11) is 4.92. The molecule has 30 nitrogen and oxygen atoms in total. The molecule has 0 aromatic carbocycles. The van der Waals surface area contributed by atoms with Crippen LogP contribution in [0.2, 0.25) is 0 Å². The minimum atomic E-state index is -0.283. The molecule has 0 aliphatic rings. The van der Waals surface area contributed by atoms with Gasteiger partial charge in [0, 0.05) is 57.7 Å². The van der Waals surface area contributed by atoms with Crippen LogP contribution in [0.4, 0.5) is 0 Å². The van der Waals surface area contributed by atoms with Crippen LogP contribution in [0.5, 0.6) is 17.2 Å². The smallest absolute Gasteiger partial charge is 0.125 e. The third-order valence-electron chi connectivity index (χ3n) is 13.2. The molecule has 0 bridgehead atoms. The van der Waals surface area contributed by atoms with Crippen molar-refractivity contribution in [2.75, 3.05) is 319 Å².